The lowest BCUT2D eigenvalue weighted by atomic mass is 9.78. The fraction of sp³-hybridized carbons (Fsp3) is 0.571. The molecule has 0 bridgehead atoms. The molecule has 0 amide bonds. The first kappa shape index (κ1) is 25.5. The zero-order valence-electron chi connectivity index (χ0n) is 21.3. The number of carbonyl (C=O) groups is 1. The summed E-state index contributed by atoms with van der Waals surface area (Å²) < 4.78 is 0. The number of carbonyl (C=O) groups excluding carboxylic acids is 1. The molecular weight excluding hydrogens is 428 g/mol. The van der Waals surface area contributed by atoms with E-state index in [1.807, 2.05) is 17.0 Å². The Balaban J connectivity index is 1.88. The number of aromatic hydroxyl groups is 1. The van der Waals surface area contributed by atoms with Crippen molar-refractivity contribution in [2.24, 2.45) is 11.8 Å². The maximum atomic E-state index is 13.5. The van der Waals surface area contributed by atoms with Gasteiger partial charge >= 0.3 is 0 Å². The van der Waals surface area contributed by atoms with Gasteiger partial charge in [-0.25, -0.2) is 0 Å². The number of amidine groups is 1. The van der Waals surface area contributed by atoms with E-state index in [1.165, 1.54) is 5.56 Å². The lowest BCUT2D eigenvalue weighted by Gasteiger charge is -2.28. The van der Waals surface area contributed by atoms with E-state index in [4.69, 9.17) is 5.41 Å². The molecule has 0 aliphatic carbocycles. The SMILES string of the molecule is CCCC1CN(CC(=O)c2cc(C(C)(C)C)c(O)c(C(C)(C)C)c2)C(=N)C1Cc1ccsc1. The van der Waals surface area contributed by atoms with Crippen LogP contribution in [0, 0.1) is 17.2 Å². The Morgan fingerprint density at radius 1 is 1.15 bits per heavy atom. The van der Waals surface area contributed by atoms with E-state index in [1.54, 1.807) is 11.3 Å². The summed E-state index contributed by atoms with van der Waals surface area (Å²) in [4.78, 5) is 15.5. The molecule has 180 valence electrons. The van der Waals surface area contributed by atoms with Crippen LogP contribution in [0.15, 0.2) is 29.0 Å². The molecule has 2 unspecified atom stereocenters. The van der Waals surface area contributed by atoms with Crippen molar-refractivity contribution in [1.29, 1.82) is 5.41 Å². The number of rotatable bonds is 7. The van der Waals surface area contributed by atoms with E-state index in [0.29, 0.717) is 23.1 Å². The number of likely N-dealkylation sites (tertiary alicyclic amines) is 1. The highest BCUT2D eigenvalue weighted by molar-refractivity contribution is 7.07. The second kappa shape index (κ2) is 9.61. The highest BCUT2D eigenvalue weighted by Gasteiger charge is 2.38. The van der Waals surface area contributed by atoms with Crippen LogP contribution in [0.25, 0.3) is 0 Å². The van der Waals surface area contributed by atoms with Crippen LogP contribution < -0.4 is 0 Å². The predicted molar refractivity (Wildman–Crippen MR) is 139 cm³/mol. The average molecular weight is 469 g/mol. The van der Waals surface area contributed by atoms with Crippen molar-refractivity contribution < 1.29 is 9.90 Å². The van der Waals surface area contributed by atoms with Gasteiger partial charge in [0.2, 0.25) is 0 Å². The highest BCUT2D eigenvalue weighted by Crippen LogP contribution is 2.40. The number of phenols is 1. The van der Waals surface area contributed by atoms with Gasteiger partial charge in [0.15, 0.2) is 5.78 Å². The molecule has 1 fully saturated rings. The minimum atomic E-state index is -0.279. The number of nitrogens with zero attached hydrogens (tertiary/aromatic N) is 1. The number of nitrogens with one attached hydrogen (secondary N) is 1. The van der Waals surface area contributed by atoms with E-state index in [-0.39, 0.29) is 29.1 Å². The Hall–Kier alpha value is -2.14. The molecule has 1 aromatic heterocycles. The number of hydrogen-bond donors (Lipinski definition) is 2. The molecule has 2 aromatic rings. The fourth-order valence-electron chi connectivity index (χ4n) is 4.91. The molecule has 0 saturated carbocycles. The number of ketones is 1. The molecule has 2 atom stereocenters. The van der Waals surface area contributed by atoms with E-state index >= 15 is 0 Å². The molecule has 5 heteroatoms. The minimum absolute atomic E-state index is 0.0159. The number of hydrogen-bond acceptors (Lipinski definition) is 4. The highest BCUT2D eigenvalue weighted by atomic mass is 32.1. The summed E-state index contributed by atoms with van der Waals surface area (Å²) in [5, 5.41) is 24.1. The van der Waals surface area contributed by atoms with Crippen molar-refractivity contribution in [3.63, 3.8) is 0 Å². The Morgan fingerprint density at radius 2 is 1.76 bits per heavy atom. The number of phenolic OH excluding ortho intramolecular Hbond substituents is 1. The van der Waals surface area contributed by atoms with Crippen LogP contribution in [-0.2, 0) is 17.3 Å². The smallest absolute Gasteiger partial charge is 0.182 e. The summed E-state index contributed by atoms with van der Waals surface area (Å²) in [7, 11) is 0. The van der Waals surface area contributed by atoms with Crippen LogP contribution in [0.1, 0.15) is 88.4 Å². The van der Waals surface area contributed by atoms with Crippen LogP contribution in [0.5, 0.6) is 5.75 Å². The zero-order chi connectivity index (χ0) is 24.6. The molecule has 1 aliphatic rings. The van der Waals surface area contributed by atoms with Gasteiger partial charge in [-0.1, -0.05) is 54.9 Å². The van der Waals surface area contributed by atoms with Crippen LogP contribution in [0.4, 0.5) is 0 Å². The standard InChI is InChI=1S/C28H40N2O2S/c1-8-9-19-15-30(26(29)21(19)12-18-10-11-33-17-18)16-24(31)20-13-22(27(2,3)4)25(32)23(14-20)28(5,6)7/h10-11,13-14,17,19,21,29,32H,8-9,12,15-16H2,1-7H3. The molecule has 2 N–H and O–H groups in total. The molecular formula is C28H40N2O2S. The normalized spacial score (nSPS) is 19.4. The number of Topliss-reactive ketones (excluding diaryl/α,β-unsaturated/α-hetero) is 1. The van der Waals surface area contributed by atoms with Gasteiger partial charge in [-0.2, -0.15) is 11.3 Å². The van der Waals surface area contributed by atoms with E-state index in [2.05, 4.69) is 65.3 Å². The van der Waals surface area contributed by atoms with Crippen LogP contribution >= 0.6 is 11.3 Å². The molecule has 2 heterocycles. The molecule has 1 aromatic carbocycles. The average Bonchev–Trinajstić information content (AvgIpc) is 3.31. The Morgan fingerprint density at radius 3 is 2.24 bits per heavy atom. The molecule has 1 saturated heterocycles. The molecule has 0 spiro atoms. The van der Waals surface area contributed by atoms with Crippen molar-refractivity contribution in [3.8, 4) is 5.75 Å². The van der Waals surface area contributed by atoms with Crippen LogP contribution in [0.2, 0.25) is 0 Å². The number of benzene rings is 1. The Kier molecular flexibility index (Phi) is 7.42. The second-order valence-corrected chi connectivity index (χ2v) is 12.4. The second-order valence-electron chi connectivity index (χ2n) is 11.6. The largest absolute Gasteiger partial charge is 0.507 e. The molecule has 3 rings (SSSR count). The summed E-state index contributed by atoms with van der Waals surface area (Å²) in [6.45, 7) is 15.5. The zero-order valence-corrected chi connectivity index (χ0v) is 22.1. The third-order valence-corrected chi connectivity index (χ3v) is 7.53. The van der Waals surface area contributed by atoms with Gasteiger partial charge in [0, 0.05) is 29.2 Å². The molecule has 4 nitrogen and oxygen atoms in total. The summed E-state index contributed by atoms with van der Waals surface area (Å²) in [6.07, 6.45) is 3.03. The van der Waals surface area contributed by atoms with Gasteiger partial charge in [0.25, 0.3) is 0 Å². The predicted octanol–water partition coefficient (Wildman–Crippen LogP) is 6.80. The molecule has 1 aliphatic heterocycles. The Bertz CT molecular complexity index is 961. The molecule has 33 heavy (non-hydrogen) atoms. The monoisotopic (exact) mass is 468 g/mol. The quantitative estimate of drug-likeness (QED) is 0.439. The minimum Gasteiger partial charge on any atom is -0.507 e. The van der Waals surface area contributed by atoms with E-state index in [9.17, 15) is 9.90 Å². The van der Waals surface area contributed by atoms with Gasteiger partial charge in [-0.3, -0.25) is 10.2 Å². The third-order valence-electron chi connectivity index (χ3n) is 6.79. The Labute approximate surface area is 203 Å². The van der Waals surface area contributed by atoms with Gasteiger partial charge < -0.3 is 10.0 Å². The topological polar surface area (TPSA) is 64.4 Å². The lowest BCUT2D eigenvalue weighted by molar-refractivity contribution is 0.0963. The van der Waals surface area contributed by atoms with Gasteiger partial charge in [-0.15, -0.1) is 0 Å². The third kappa shape index (κ3) is 5.68. The lowest BCUT2D eigenvalue weighted by Crippen LogP contribution is -2.33. The first-order valence-electron chi connectivity index (χ1n) is 12.1. The van der Waals surface area contributed by atoms with E-state index in [0.717, 1.165) is 36.9 Å². The van der Waals surface area contributed by atoms with Crippen molar-refractivity contribution in [1.82, 2.24) is 4.90 Å². The van der Waals surface area contributed by atoms with Gasteiger partial charge in [0.05, 0.1) is 6.54 Å². The van der Waals surface area contributed by atoms with Crippen LogP contribution in [-0.4, -0.2) is 34.7 Å². The first-order valence-corrected chi connectivity index (χ1v) is 13.0. The van der Waals surface area contributed by atoms with Crippen molar-refractivity contribution in [3.05, 3.63) is 51.2 Å². The fourth-order valence-corrected chi connectivity index (χ4v) is 5.59. The molecule has 0 radical (unpaired) electrons. The first-order chi connectivity index (χ1) is 15.3. The van der Waals surface area contributed by atoms with Crippen molar-refractivity contribution >= 4 is 23.0 Å². The summed E-state index contributed by atoms with van der Waals surface area (Å²) in [5.74, 6) is 1.48. The van der Waals surface area contributed by atoms with Crippen molar-refractivity contribution in [2.45, 2.75) is 78.6 Å². The maximum absolute atomic E-state index is 13.5. The summed E-state index contributed by atoms with van der Waals surface area (Å²) in [6, 6.07) is 5.87. The van der Waals surface area contributed by atoms with Gasteiger partial charge in [-0.05, 0) is 64.1 Å². The maximum Gasteiger partial charge on any atom is 0.182 e. The van der Waals surface area contributed by atoms with Gasteiger partial charge in [0.1, 0.15) is 11.6 Å². The van der Waals surface area contributed by atoms with E-state index < -0.39 is 0 Å². The summed E-state index contributed by atoms with van der Waals surface area (Å²) in [5.41, 5.74) is 2.95. The number of thiophene rings is 1. The van der Waals surface area contributed by atoms with Crippen LogP contribution in [0.3, 0.4) is 0 Å². The van der Waals surface area contributed by atoms with Crippen molar-refractivity contribution in [2.75, 3.05) is 13.1 Å². The summed E-state index contributed by atoms with van der Waals surface area (Å²) >= 11 is 1.70.